The summed E-state index contributed by atoms with van der Waals surface area (Å²) in [6.07, 6.45) is 2.87. The van der Waals surface area contributed by atoms with Crippen LogP contribution in [0.5, 0.6) is 5.75 Å². The van der Waals surface area contributed by atoms with Gasteiger partial charge in [0.05, 0.1) is 12.7 Å². The molecule has 28 heavy (non-hydrogen) atoms. The molecule has 6 heteroatoms. The Morgan fingerprint density at radius 3 is 2.50 bits per heavy atom. The van der Waals surface area contributed by atoms with E-state index in [0.29, 0.717) is 24.2 Å². The van der Waals surface area contributed by atoms with E-state index in [-0.39, 0.29) is 17.8 Å². The molecule has 1 spiro atoms. The van der Waals surface area contributed by atoms with Crippen LogP contribution in [0.15, 0.2) is 18.2 Å². The van der Waals surface area contributed by atoms with Gasteiger partial charge in [-0.2, -0.15) is 0 Å². The monoisotopic (exact) mass is 388 g/mol. The molecule has 0 aromatic heterocycles. The average Bonchev–Trinajstić information content (AvgIpc) is 2.99. The van der Waals surface area contributed by atoms with Crippen LogP contribution in [-0.2, 0) is 15.1 Å². The van der Waals surface area contributed by atoms with E-state index >= 15 is 0 Å². The van der Waals surface area contributed by atoms with Gasteiger partial charge in [-0.3, -0.25) is 4.79 Å². The lowest BCUT2D eigenvalue weighted by atomic mass is 9.74. The quantitative estimate of drug-likeness (QED) is 0.672. The van der Waals surface area contributed by atoms with E-state index in [0.717, 1.165) is 44.6 Å². The summed E-state index contributed by atoms with van der Waals surface area (Å²) in [6, 6.07) is 5.57. The van der Waals surface area contributed by atoms with E-state index in [1.54, 1.807) is 13.2 Å². The Balaban J connectivity index is 1.62. The highest BCUT2D eigenvalue weighted by Gasteiger charge is 2.48. The number of fused-ring (bicyclic) bond motifs is 2. The summed E-state index contributed by atoms with van der Waals surface area (Å²) >= 11 is 0. The molecule has 2 aliphatic rings. The Morgan fingerprint density at radius 2 is 1.89 bits per heavy atom. The van der Waals surface area contributed by atoms with E-state index in [1.165, 1.54) is 0 Å². The van der Waals surface area contributed by atoms with Crippen LogP contribution in [0.4, 0.5) is 0 Å². The van der Waals surface area contributed by atoms with Crippen LogP contribution >= 0.6 is 0 Å². The Kier molecular flexibility index (Phi) is 6.28. The van der Waals surface area contributed by atoms with Crippen LogP contribution in [0.2, 0.25) is 0 Å². The average molecular weight is 389 g/mol. The van der Waals surface area contributed by atoms with Gasteiger partial charge < -0.3 is 19.3 Å². The van der Waals surface area contributed by atoms with E-state index in [9.17, 15) is 9.59 Å². The second-order valence-corrected chi connectivity index (χ2v) is 7.86. The first-order chi connectivity index (χ1) is 13.4. The molecule has 0 radical (unpaired) electrons. The topological polar surface area (TPSA) is 59.1 Å². The number of rotatable bonds is 7. The summed E-state index contributed by atoms with van der Waals surface area (Å²) in [5.41, 5.74) is 0.967. The second kappa shape index (κ2) is 8.52. The molecule has 1 amide bonds. The van der Waals surface area contributed by atoms with Crippen molar-refractivity contribution >= 4 is 11.9 Å². The fourth-order valence-corrected chi connectivity index (χ4v) is 4.46. The third-order valence-corrected chi connectivity index (χ3v) is 6.39. The third kappa shape index (κ3) is 3.88. The number of nitrogens with zero attached hydrogens (tertiary/aromatic N) is 2. The number of carbonyl (C=O) groups is 2. The predicted octanol–water partition coefficient (Wildman–Crippen LogP) is 3.05. The molecule has 1 aliphatic carbocycles. The molecule has 0 N–H and O–H groups in total. The Bertz CT molecular complexity index is 721. The Morgan fingerprint density at radius 1 is 1.21 bits per heavy atom. The minimum Gasteiger partial charge on any atom is -0.497 e. The fraction of sp³-hybridized carbons (Fsp3) is 0.636. The maximum Gasteiger partial charge on any atom is 0.339 e. The van der Waals surface area contributed by atoms with Crippen molar-refractivity contribution < 1.29 is 19.1 Å². The smallest absolute Gasteiger partial charge is 0.339 e. The maximum absolute atomic E-state index is 12.9. The highest BCUT2D eigenvalue weighted by Crippen LogP contribution is 2.48. The van der Waals surface area contributed by atoms with Crippen molar-refractivity contribution in [3.05, 3.63) is 29.3 Å². The summed E-state index contributed by atoms with van der Waals surface area (Å²) < 4.78 is 11.1. The lowest BCUT2D eigenvalue weighted by Crippen LogP contribution is -2.42. The highest BCUT2D eigenvalue weighted by atomic mass is 16.6. The number of methoxy groups -OCH3 is 1. The summed E-state index contributed by atoms with van der Waals surface area (Å²) in [7, 11) is 3.48. The van der Waals surface area contributed by atoms with Gasteiger partial charge in [-0.05, 0) is 50.9 Å². The Labute approximate surface area is 167 Å². The zero-order valence-electron chi connectivity index (χ0n) is 17.5. The van der Waals surface area contributed by atoms with Crippen molar-refractivity contribution in [2.45, 2.75) is 45.1 Å². The number of amides is 1. The van der Waals surface area contributed by atoms with Crippen LogP contribution in [0.25, 0.3) is 0 Å². The molecule has 0 bridgehead atoms. The molecule has 3 rings (SSSR count). The number of carbonyl (C=O) groups excluding carboxylic acids is 2. The van der Waals surface area contributed by atoms with Gasteiger partial charge in [0.25, 0.3) is 0 Å². The largest absolute Gasteiger partial charge is 0.497 e. The van der Waals surface area contributed by atoms with Crippen LogP contribution in [-0.4, -0.2) is 62.0 Å². The van der Waals surface area contributed by atoms with Crippen molar-refractivity contribution in [1.29, 1.82) is 0 Å². The standard InChI is InChI=1S/C22H32N2O4/c1-5-24(6-2)14-13-23(3)20(25)16-9-11-22(12-10-16)19-8-7-17(27-4)15-18(19)21(26)28-22/h7-8,15-16H,5-6,9-14H2,1-4H3. The summed E-state index contributed by atoms with van der Waals surface area (Å²) in [5.74, 6) is 0.594. The van der Waals surface area contributed by atoms with Crippen molar-refractivity contribution in [1.82, 2.24) is 9.80 Å². The van der Waals surface area contributed by atoms with Crippen molar-refractivity contribution in [2.24, 2.45) is 5.92 Å². The van der Waals surface area contributed by atoms with Crippen molar-refractivity contribution in [3.8, 4) is 5.75 Å². The first-order valence-electron chi connectivity index (χ1n) is 10.3. The van der Waals surface area contributed by atoms with Gasteiger partial charge >= 0.3 is 5.97 Å². The van der Waals surface area contributed by atoms with E-state index < -0.39 is 5.60 Å². The summed E-state index contributed by atoms with van der Waals surface area (Å²) in [4.78, 5) is 29.4. The summed E-state index contributed by atoms with van der Waals surface area (Å²) in [6.45, 7) is 7.93. The molecule has 1 aliphatic heterocycles. The van der Waals surface area contributed by atoms with Gasteiger partial charge in [-0.1, -0.05) is 19.9 Å². The molecule has 1 aromatic carbocycles. The molecule has 0 unspecified atom stereocenters. The zero-order valence-corrected chi connectivity index (χ0v) is 17.5. The Hall–Kier alpha value is -2.08. The number of esters is 1. The highest BCUT2D eigenvalue weighted by molar-refractivity contribution is 5.95. The number of hydrogen-bond donors (Lipinski definition) is 0. The first-order valence-corrected chi connectivity index (χ1v) is 10.3. The molecule has 6 nitrogen and oxygen atoms in total. The van der Waals surface area contributed by atoms with Gasteiger partial charge in [0, 0.05) is 31.6 Å². The van der Waals surface area contributed by atoms with Gasteiger partial charge in [0.2, 0.25) is 5.91 Å². The van der Waals surface area contributed by atoms with Crippen LogP contribution in [0, 0.1) is 5.92 Å². The molecule has 1 fully saturated rings. The SMILES string of the molecule is CCN(CC)CCN(C)C(=O)C1CCC2(CC1)OC(=O)c1cc(OC)ccc12. The van der Waals surface area contributed by atoms with Gasteiger partial charge in [-0.15, -0.1) is 0 Å². The minimum atomic E-state index is -0.574. The molecule has 0 atom stereocenters. The second-order valence-electron chi connectivity index (χ2n) is 7.86. The molecule has 154 valence electrons. The van der Waals surface area contributed by atoms with Crippen LogP contribution < -0.4 is 4.74 Å². The molecular weight excluding hydrogens is 356 g/mol. The first kappa shape index (κ1) is 20.6. The van der Waals surface area contributed by atoms with E-state index in [2.05, 4.69) is 18.7 Å². The molecular formula is C22H32N2O4. The molecule has 1 aromatic rings. The lowest BCUT2D eigenvalue weighted by Gasteiger charge is -2.37. The minimum absolute atomic E-state index is 0.00771. The van der Waals surface area contributed by atoms with Crippen LogP contribution in [0.3, 0.4) is 0 Å². The number of ether oxygens (including phenoxy) is 2. The van der Waals surface area contributed by atoms with Crippen molar-refractivity contribution in [3.63, 3.8) is 0 Å². The number of hydrogen-bond acceptors (Lipinski definition) is 5. The van der Waals surface area contributed by atoms with E-state index in [4.69, 9.17) is 9.47 Å². The molecule has 1 heterocycles. The predicted molar refractivity (Wildman–Crippen MR) is 107 cm³/mol. The van der Waals surface area contributed by atoms with Crippen LogP contribution in [0.1, 0.15) is 55.5 Å². The van der Waals surface area contributed by atoms with Gasteiger partial charge in [0.15, 0.2) is 0 Å². The number of likely N-dealkylation sites (N-methyl/N-ethyl adjacent to an activating group) is 2. The molecule has 1 saturated carbocycles. The fourth-order valence-electron chi connectivity index (χ4n) is 4.46. The van der Waals surface area contributed by atoms with E-state index in [1.807, 2.05) is 24.1 Å². The molecule has 0 saturated heterocycles. The summed E-state index contributed by atoms with van der Waals surface area (Å²) in [5, 5.41) is 0. The van der Waals surface area contributed by atoms with Crippen molar-refractivity contribution in [2.75, 3.05) is 40.3 Å². The van der Waals surface area contributed by atoms with Gasteiger partial charge in [0.1, 0.15) is 11.4 Å². The lowest BCUT2D eigenvalue weighted by molar-refractivity contribution is -0.137. The third-order valence-electron chi connectivity index (χ3n) is 6.39. The maximum atomic E-state index is 12.9. The zero-order chi connectivity index (χ0) is 20.3. The number of benzene rings is 1. The van der Waals surface area contributed by atoms with Gasteiger partial charge in [-0.25, -0.2) is 4.79 Å². The normalized spacial score (nSPS) is 23.6.